The summed E-state index contributed by atoms with van der Waals surface area (Å²) in [7, 11) is 1.80. The number of hydrogen-bond donors (Lipinski definition) is 1. The normalized spacial score (nSPS) is 10.7. The van der Waals surface area contributed by atoms with Gasteiger partial charge in [0.2, 0.25) is 5.91 Å². The number of ether oxygens (including phenoxy) is 1. The van der Waals surface area contributed by atoms with Gasteiger partial charge in [-0.15, -0.1) is 10.2 Å². The third-order valence-corrected chi connectivity index (χ3v) is 5.94. The summed E-state index contributed by atoms with van der Waals surface area (Å²) in [6.45, 7) is 4.26. The van der Waals surface area contributed by atoms with Gasteiger partial charge in [0.05, 0.1) is 10.7 Å². The Labute approximate surface area is 187 Å². The molecule has 0 bridgehead atoms. The zero-order valence-electron chi connectivity index (χ0n) is 17.1. The van der Waals surface area contributed by atoms with Gasteiger partial charge in [0, 0.05) is 18.8 Å². The molecule has 0 aliphatic heterocycles. The number of nitrogens with one attached hydrogen (secondary N) is 1. The van der Waals surface area contributed by atoms with Gasteiger partial charge in [-0.1, -0.05) is 35.5 Å². The number of nitro benzene ring substituents is 1. The predicted octanol–water partition coefficient (Wildman–Crippen LogP) is 4.30. The molecular weight excluding hydrogens is 442 g/mol. The van der Waals surface area contributed by atoms with Crippen molar-refractivity contribution < 1.29 is 14.5 Å². The van der Waals surface area contributed by atoms with Crippen LogP contribution < -0.4 is 10.1 Å². The molecule has 11 heteroatoms. The number of halogens is 1. The van der Waals surface area contributed by atoms with Gasteiger partial charge in [0.1, 0.15) is 17.4 Å². The van der Waals surface area contributed by atoms with Crippen molar-refractivity contribution in [3.63, 3.8) is 0 Å². The van der Waals surface area contributed by atoms with E-state index in [1.54, 1.807) is 11.6 Å². The molecule has 0 spiro atoms. The first kappa shape index (κ1) is 22.6. The highest BCUT2D eigenvalue weighted by Crippen LogP contribution is 2.27. The molecule has 9 nitrogen and oxygen atoms in total. The average Bonchev–Trinajstić information content (AvgIpc) is 3.08. The zero-order chi connectivity index (χ0) is 22.5. The van der Waals surface area contributed by atoms with Crippen LogP contribution in [0.5, 0.6) is 5.75 Å². The Morgan fingerprint density at radius 3 is 2.81 bits per heavy atom. The summed E-state index contributed by atoms with van der Waals surface area (Å²) in [6, 6.07) is 9.95. The smallest absolute Gasteiger partial charge is 0.289 e. The van der Waals surface area contributed by atoms with E-state index >= 15 is 0 Å². The first-order valence-electron chi connectivity index (χ1n) is 9.20. The quantitative estimate of drug-likeness (QED) is 0.302. The van der Waals surface area contributed by atoms with Gasteiger partial charge >= 0.3 is 0 Å². The number of anilines is 1. The van der Waals surface area contributed by atoms with Gasteiger partial charge in [-0.2, -0.15) is 0 Å². The molecular formula is C20H20ClN5O4S. The van der Waals surface area contributed by atoms with Gasteiger partial charge < -0.3 is 14.6 Å². The van der Waals surface area contributed by atoms with Gasteiger partial charge in [0.15, 0.2) is 11.0 Å². The highest BCUT2D eigenvalue weighted by Gasteiger charge is 2.16. The molecule has 0 saturated heterocycles. The Kier molecular flexibility index (Phi) is 7.13. The van der Waals surface area contributed by atoms with Gasteiger partial charge in [-0.05, 0) is 43.2 Å². The largest absolute Gasteiger partial charge is 0.485 e. The van der Waals surface area contributed by atoms with Crippen LogP contribution in [0.15, 0.2) is 41.6 Å². The standard InChI is InChI=1S/C20H20ClN5O4S/c1-12-5-4-6-17(13(12)2)30-10-18-23-24-20(25(18)3)31-11-19(27)22-14-7-8-15(21)16(9-14)26(28)29/h4-9H,10-11H2,1-3H3,(H,22,27). The van der Waals surface area contributed by atoms with Gasteiger partial charge in [-0.25, -0.2) is 0 Å². The Balaban J connectivity index is 1.57. The van der Waals surface area contributed by atoms with Crippen molar-refractivity contribution in [1.29, 1.82) is 0 Å². The van der Waals surface area contributed by atoms with E-state index in [1.165, 1.54) is 30.0 Å². The molecule has 3 rings (SSSR count). The lowest BCUT2D eigenvalue weighted by Crippen LogP contribution is -2.14. The number of hydrogen-bond acceptors (Lipinski definition) is 7. The maximum atomic E-state index is 12.2. The van der Waals surface area contributed by atoms with Gasteiger partial charge in [0.25, 0.3) is 5.69 Å². The van der Waals surface area contributed by atoms with Crippen molar-refractivity contribution in [3.8, 4) is 5.75 Å². The van der Waals surface area contributed by atoms with E-state index in [1.807, 2.05) is 32.0 Å². The lowest BCUT2D eigenvalue weighted by molar-refractivity contribution is -0.384. The fraction of sp³-hybridized carbons (Fsp3) is 0.250. The molecule has 1 aromatic heterocycles. The minimum Gasteiger partial charge on any atom is -0.485 e. The van der Waals surface area contributed by atoms with Crippen LogP contribution in [0.1, 0.15) is 17.0 Å². The van der Waals surface area contributed by atoms with Crippen LogP contribution in [0, 0.1) is 24.0 Å². The molecule has 0 atom stereocenters. The summed E-state index contributed by atoms with van der Waals surface area (Å²) in [5.74, 6) is 1.13. The summed E-state index contributed by atoms with van der Waals surface area (Å²) in [5, 5.41) is 22.4. The van der Waals surface area contributed by atoms with Crippen LogP contribution in [-0.2, 0) is 18.4 Å². The molecule has 0 aliphatic carbocycles. The summed E-state index contributed by atoms with van der Waals surface area (Å²) in [6.07, 6.45) is 0. The number of carbonyl (C=O) groups excluding carboxylic acids is 1. The van der Waals surface area contributed by atoms with Gasteiger partial charge in [-0.3, -0.25) is 14.9 Å². The number of nitrogens with zero attached hydrogens (tertiary/aromatic N) is 4. The van der Waals surface area contributed by atoms with Crippen molar-refractivity contribution >= 4 is 40.6 Å². The molecule has 1 amide bonds. The molecule has 0 saturated carbocycles. The second kappa shape index (κ2) is 9.80. The first-order valence-corrected chi connectivity index (χ1v) is 10.6. The van der Waals surface area contributed by atoms with E-state index in [-0.39, 0.29) is 29.0 Å². The maximum Gasteiger partial charge on any atom is 0.289 e. The molecule has 0 aliphatic rings. The fourth-order valence-corrected chi connectivity index (χ4v) is 3.59. The first-order chi connectivity index (χ1) is 14.8. The van der Waals surface area contributed by atoms with Crippen molar-refractivity contribution in [2.75, 3.05) is 11.1 Å². The number of benzene rings is 2. The number of aromatic nitrogens is 3. The Morgan fingerprint density at radius 1 is 1.29 bits per heavy atom. The third kappa shape index (κ3) is 5.53. The van der Waals surface area contributed by atoms with E-state index in [4.69, 9.17) is 16.3 Å². The van der Waals surface area contributed by atoms with Crippen LogP contribution >= 0.6 is 23.4 Å². The van der Waals surface area contributed by atoms with E-state index < -0.39 is 4.92 Å². The number of thioether (sulfide) groups is 1. The number of carbonyl (C=O) groups is 1. The number of aryl methyl sites for hydroxylation is 1. The average molecular weight is 462 g/mol. The van der Waals surface area contributed by atoms with Crippen molar-refractivity contribution in [2.45, 2.75) is 25.6 Å². The van der Waals surface area contributed by atoms with Crippen molar-refractivity contribution in [2.24, 2.45) is 7.05 Å². The second-order valence-corrected chi connectivity index (χ2v) is 8.05. The Bertz CT molecular complexity index is 1130. The van der Waals surface area contributed by atoms with Crippen LogP contribution in [0.4, 0.5) is 11.4 Å². The fourth-order valence-electron chi connectivity index (χ4n) is 2.68. The molecule has 2 aromatic carbocycles. The van der Waals surface area contributed by atoms with E-state index in [2.05, 4.69) is 15.5 Å². The number of rotatable bonds is 8. The van der Waals surface area contributed by atoms with Crippen LogP contribution in [0.2, 0.25) is 5.02 Å². The van der Waals surface area contributed by atoms with Crippen LogP contribution in [-0.4, -0.2) is 31.3 Å². The topological polar surface area (TPSA) is 112 Å². The van der Waals surface area contributed by atoms with Crippen LogP contribution in [0.25, 0.3) is 0 Å². The lowest BCUT2D eigenvalue weighted by Gasteiger charge is -2.10. The third-order valence-electron chi connectivity index (χ3n) is 4.60. The number of nitro groups is 1. The molecule has 3 aromatic rings. The van der Waals surface area contributed by atoms with Crippen LogP contribution in [0.3, 0.4) is 0 Å². The molecule has 0 fully saturated rings. The molecule has 0 radical (unpaired) electrons. The molecule has 162 valence electrons. The zero-order valence-corrected chi connectivity index (χ0v) is 18.7. The summed E-state index contributed by atoms with van der Waals surface area (Å²) < 4.78 is 7.63. The highest BCUT2D eigenvalue weighted by atomic mass is 35.5. The lowest BCUT2D eigenvalue weighted by atomic mass is 10.1. The second-order valence-electron chi connectivity index (χ2n) is 6.70. The van der Waals surface area contributed by atoms with E-state index in [0.29, 0.717) is 16.7 Å². The number of amides is 1. The summed E-state index contributed by atoms with van der Waals surface area (Å²) in [5.41, 5.74) is 2.23. The summed E-state index contributed by atoms with van der Waals surface area (Å²) >= 11 is 6.98. The molecule has 1 N–H and O–H groups in total. The predicted molar refractivity (Wildman–Crippen MR) is 119 cm³/mol. The van der Waals surface area contributed by atoms with E-state index in [0.717, 1.165) is 16.9 Å². The monoisotopic (exact) mass is 461 g/mol. The minimum absolute atomic E-state index is 0.00654. The van der Waals surface area contributed by atoms with Crippen molar-refractivity contribution in [1.82, 2.24) is 14.8 Å². The van der Waals surface area contributed by atoms with E-state index in [9.17, 15) is 14.9 Å². The Hall–Kier alpha value is -3.11. The summed E-state index contributed by atoms with van der Waals surface area (Å²) in [4.78, 5) is 22.6. The SMILES string of the molecule is Cc1cccc(OCc2nnc(SCC(=O)Nc3ccc(Cl)c([N+](=O)[O-])c3)n2C)c1C. The molecule has 31 heavy (non-hydrogen) atoms. The highest BCUT2D eigenvalue weighted by molar-refractivity contribution is 7.99. The molecule has 1 heterocycles. The minimum atomic E-state index is -0.603. The Morgan fingerprint density at radius 2 is 2.06 bits per heavy atom. The molecule has 0 unspecified atom stereocenters. The maximum absolute atomic E-state index is 12.2. The van der Waals surface area contributed by atoms with Crippen molar-refractivity contribution in [3.05, 3.63) is 68.5 Å².